The maximum atomic E-state index is 10.2. The molecule has 0 aromatic heterocycles. The topological polar surface area (TPSA) is 32.8 Å². The summed E-state index contributed by atoms with van der Waals surface area (Å²) in [6.45, 7) is 3.47. The van der Waals surface area contributed by atoms with Crippen molar-refractivity contribution in [1.29, 1.82) is 0 Å². The summed E-state index contributed by atoms with van der Waals surface area (Å²) in [5.41, 5.74) is 0. The van der Waals surface area contributed by atoms with Gasteiger partial charge in [-0.1, -0.05) is 6.92 Å². The van der Waals surface area contributed by atoms with Gasteiger partial charge in [0.15, 0.2) is 0 Å². The molecule has 0 bridgehead atoms. The van der Waals surface area contributed by atoms with Crippen LogP contribution in [0.2, 0.25) is 0 Å². The van der Waals surface area contributed by atoms with Crippen LogP contribution in [0, 0.1) is 0 Å². The van der Waals surface area contributed by atoms with Crippen LogP contribution in [0.25, 0.3) is 0 Å². The minimum Gasteiger partial charge on any atom is -0.425 e. The molecule has 1 aliphatic rings. The van der Waals surface area contributed by atoms with Crippen molar-refractivity contribution in [1.82, 2.24) is 9.80 Å². The zero-order chi connectivity index (χ0) is 8.97. The number of ether oxygens (including phenoxy) is 1. The van der Waals surface area contributed by atoms with Crippen molar-refractivity contribution in [2.45, 2.75) is 19.7 Å². The molecule has 0 fully saturated rings. The van der Waals surface area contributed by atoms with E-state index in [1.54, 1.807) is 0 Å². The first kappa shape index (κ1) is 8.90. The summed E-state index contributed by atoms with van der Waals surface area (Å²) >= 11 is 0. The highest BCUT2D eigenvalue weighted by Crippen LogP contribution is 2.13. The molecule has 0 radical (unpaired) electrons. The van der Waals surface area contributed by atoms with Crippen molar-refractivity contribution in [3.8, 4) is 0 Å². The lowest BCUT2D eigenvalue weighted by Gasteiger charge is -2.27. The molecule has 0 aromatic rings. The molecule has 0 spiro atoms. The van der Waals surface area contributed by atoms with Crippen LogP contribution in [0.15, 0.2) is 12.4 Å². The molecule has 1 unspecified atom stereocenters. The smallest absolute Gasteiger partial charge is 0.296 e. The molecule has 0 saturated heterocycles. The Morgan fingerprint density at radius 1 is 1.58 bits per heavy atom. The fourth-order valence-electron chi connectivity index (χ4n) is 1.24. The van der Waals surface area contributed by atoms with Gasteiger partial charge in [-0.3, -0.25) is 4.79 Å². The van der Waals surface area contributed by atoms with Gasteiger partial charge >= 0.3 is 0 Å². The summed E-state index contributed by atoms with van der Waals surface area (Å²) in [5.74, 6) is 0. The normalized spacial score (nSPS) is 21.7. The molecular formula is C8H14N2O2. The van der Waals surface area contributed by atoms with Gasteiger partial charge in [-0.2, -0.15) is 0 Å². The predicted octanol–water partition coefficient (Wildman–Crippen LogP) is 0.572. The zero-order valence-electron chi connectivity index (χ0n) is 7.43. The average Bonchev–Trinajstić information content (AvgIpc) is 2.37. The minimum absolute atomic E-state index is 0.248. The maximum Gasteiger partial charge on any atom is 0.296 e. The highest BCUT2D eigenvalue weighted by molar-refractivity contribution is 5.37. The lowest BCUT2D eigenvalue weighted by molar-refractivity contribution is -0.150. The third-order valence-electron chi connectivity index (χ3n) is 1.78. The highest BCUT2D eigenvalue weighted by atomic mass is 16.6. The lowest BCUT2D eigenvalue weighted by atomic mass is 10.4. The van der Waals surface area contributed by atoms with Gasteiger partial charge in [0.05, 0.1) is 0 Å². The van der Waals surface area contributed by atoms with Gasteiger partial charge in [0.25, 0.3) is 12.8 Å². The molecule has 0 N–H and O–H groups in total. The number of hydrogen-bond acceptors (Lipinski definition) is 4. The van der Waals surface area contributed by atoms with E-state index in [-0.39, 0.29) is 6.35 Å². The number of carbonyl (C=O) groups is 1. The Morgan fingerprint density at radius 2 is 2.33 bits per heavy atom. The lowest BCUT2D eigenvalue weighted by Crippen LogP contribution is -2.38. The predicted molar refractivity (Wildman–Crippen MR) is 44.8 cm³/mol. The van der Waals surface area contributed by atoms with Crippen molar-refractivity contribution < 1.29 is 9.53 Å². The van der Waals surface area contributed by atoms with Crippen LogP contribution in [0.3, 0.4) is 0 Å². The number of nitrogens with zero attached hydrogens (tertiary/aromatic N) is 2. The van der Waals surface area contributed by atoms with Crippen molar-refractivity contribution in [2.24, 2.45) is 0 Å². The summed E-state index contributed by atoms with van der Waals surface area (Å²) in [5, 5.41) is 0. The van der Waals surface area contributed by atoms with Crippen LogP contribution in [-0.4, -0.2) is 36.2 Å². The first-order valence-corrected chi connectivity index (χ1v) is 4.04. The second kappa shape index (κ2) is 3.99. The van der Waals surface area contributed by atoms with Crippen LogP contribution in [0.1, 0.15) is 13.3 Å². The summed E-state index contributed by atoms with van der Waals surface area (Å²) in [6, 6.07) is 0. The molecule has 68 valence electrons. The van der Waals surface area contributed by atoms with Gasteiger partial charge in [-0.25, -0.2) is 0 Å². The molecule has 1 aliphatic heterocycles. The van der Waals surface area contributed by atoms with Crippen molar-refractivity contribution >= 4 is 6.47 Å². The summed E-state index contributed by atoms with van der Waals surface area (Å²) < 4.78 is 4.89. The summed E-state index contributed by atoms with van der Waals surface area (Å²) in [6.07, 6.45) is 4.61. The molecule has 1 atom stereocenters. The standard InChI is InChI=1S/C8H14N2O2/c1-3-4-10-6-5-9(2)8(10)12-7-11/h5-8H,3-4H2,1-2H3. The van der Waals surface area contributed by atoms with Gasteiger partial charge in [0, 0.05) is 26.0 Å². The van der Waals surface area contributed by atoms with Gasteiger partial charge in [0.1, 0.15) is 0 Å². The van der Waals surface area contributed by atoms with Crippen LogP contribution in [-0.2, 0) is 9.53 Å². The first-order valence-electron chi connectivity index (χ1n) is 4.04. The first-order chi connectivity index (χ1) is 5.79. The third kappa shape index (κ3) is 1.69. The average molecular weight is 170 g/mol. The largest absolute Gasteiger partial charge is 0.425 e. The molecular weight excluding hydrogens is 156 g/mol. The Kier molecular flexibility index (Phi) is 2.96. The molecule has 4 heteroatoms. The fraction of sp³-hybridized carbons (Fsp3) is 0.625. The molecule has 4 nitrogen and oxygen atoms in total. The fourth-order valence-corrected chi connectivity index (χ4v) is 1.24. The van der Waals surface area contributed by atoms with E-state index >= 15 is 0 Å². The molecule has 0 saturated carbocycles. The van der Waals surface area contributed by atoms with Crippen molar-refractivity contribution in [3.05, 3.63) is 12.4 Å². The van der Waals surface area contributed by atoms with E-state index in [9.17, 15) is 4.79 Å². The molecule has 0 aliphatic carbocycles. The number of hydrogen-bond donors (Lipinski definition) is 0. The Hall–Kier alpha value is -1.19. The van der Waals surface area contributed by atoms with Gasteiger partial charge < -0.3 is 14.5 Å². The van der Waals surface area contributed by atoms with Gasteiger partial charge in [-0.15, -0.1) is 0 Å². The van der Waals surface area contributed by atoms with Gasteiger partial charge in [0.2, 0.25) is 0 Å². The molecule has 1 heterocycles. The second-order valence-corrected chi connectivity index (χ2v) is 2.76. The van der Waals surface area contributed by atoms with Crippen molar-refractivity contribution in [2.75, 3.05) is 13.6 Å². The van der Waals surface area contributed by atoms with Gasteiger partial charge in [-0.05, 0) is 6.42 Å². The van der Waals surface area contributed by atoms with E-state index in [4.69, 9.17) is 4.74 Å². The monoisotopic (exact) mass is 170 g/mol. The summed E-state index contributed by atoms with van der Waals surface area (Å²) in [7, 11) is 1.88. The van der Waals surface area contributed by atoms with E-state index < -0.39 is 0 Å². The Bertz CT molecular complexity index is 182. The second-order valence-electron chi connectivity index (χ2n) is 2.76. The zero-order valence-corrected chi connectivity index (χ0v) is 7.43. The summed E-state index contributed by atoms with van der Waals surface area (Å²) in [4.78, 5) is 14.0. The molecule has 12 heavy (non-hydrogen) atoms. The molecule has 0 aromatic carbocycles. The number of carbonyl (C=O) groups excluding carboxylic acids is 1. The Morgan fingerprint density at radius 3 is 2.92 bits per heavy atom. The minimum atomic E-state index is -0.248. The van der Waals surface area contributed by atoms with E-state index in [1.165, 1.54) is 0 Å². The Balaban J connectivity index is 2.49. The third-order valence-corrected chi connectivity index (χ3v) is 1.78. The van der Waals surface area contributed by atoms with Crippen LogP contribution >= 0.6 is 0 Å². The van der Waals surface area contributed by atoms with Crippen LogP contribution in [0.5, 0.6) is 0 Å². The van der Waals surface area contributed by atoms with E-state index in [0.717, 1.165) is 13.0 Å². The van der Waals surface area contributed by atoms with Crippen LogP contribution < -0.4 is 0 Å². The van der Waals surface area contributed by atoms with E-state index in [2.05, 4.69) is 6.92 Å². The van der Waals surface area contributed by atoms with Crippen LogP contribution in [0.4, 0.5) is 0 Å². The number of rotatable bonds is 4. The maximum absolute atomic E-state index is 10.2. The molecule has 0 amide bonds. The SMILES string of the molecule is CCCN1C=CN(C)C1OC=O. The van der Waals surface area contributed by atoms with Crippen molar-refractivity contribution in [3.63, 3.8) is 0 Å². The van der Waals surface area contributed by atoms with E-state index in [0.29, 0.717) is 6.47 Å². The Labute approximate surface area is 72.4 Å². The van der Waals surface area contributed by atoms with E-state index in [1.807, 2.05) is 29.2 Å². The quantitative estimate of drug-likeness (QED) is 0.577. The molecule has 1 rings (SSSR count). The highest BCUT2D eigenvalue weighted by Gasteiger charge is 2.23.